The van der Waals surface area contributed by atoms with Crippen LogP contribution in [-0.4, -0.2) is 64.0 Å². The van der Waals surface area contributed by atoms with Gasteiger partial charge in [0.25, 0.3) is 5.91 Å². The summed E-state index contributed by atoms with van der Waals surface area (Å²) in [5.41, 5.74) is 6.20. The Kier molecular flexibility index (Phi) is 4.52. The maximum atomic E-state index is 12.2. The number of amidine groups is 1. The molecule has 0 bridgehead atoms. The van der Waals surface area contributed by atoms with E-state index in [0.717, 1.165) is 0 Å². The monoisotopic (exact) mass is 277 g/mol. The van der Waals surface area contributed by atoms with Gasteiger partial charge in [-0.15, -0.1) is 0 Å². The van der Waals surface area contributed by atoms with Crippen molar-refractivity contribution in [3.05, 3.63) is 30.1 Å². The molecule has 2 rings (SSSR count). The Labute approximate surface area is 117 Å². The average molecular weight is 277 g/mol. The first kappa shape index (κ1) is 14.3. The largest absolute Gasteiger partial charge is 0.409 e. The van der Waals surface area contributed by atoms with Crippen molar-refractivity contribution < 1.29 is 10.0 Å². The molecule has 7 nitrogen and oxygen atoms in total. The van der Waals surface area contributed by atoms with E-state index in [1.807, 2.05) is 6.92 Å². The Bertz CT molecular complexity index is 483. The lowest BCUT2D eigenvalue weighted by atomic mass is 10.2. The molecule has 1 unspecified atom stereocenters. The topological polar surface area (TPSA) is 95.0 Å². The second kappa shape index (κ2) is 6.33. The summed E-state index contributed by atoms with van der Waals surface area (Å²) in [7, 11) is 0. The number of rotatable bonds is 3. The van der Waals surface area contributed by atoms with Gasteiger partial charge in [0, 0.05) is 38.6 Å². The number of aromatic nitrogens is 1. The summed E-state index contributed by atoms with van der Waals surface area (Å²) < 4.78 is 0. The summed E-state index contributed by atoms with van der Waals surface area (Å²) in [6, 6.07) is 3.39. The molecule has 0 aliphatic carbocycles. The summed E-state index contributed by atoms with van der Waals surface area (Å²) in [4.78, 5) is 20.1. The molecule has 1 amide bonds. The van der Waals surface area contributed by atoms with Crippen molar-refractivity contribution in [3.8, 4) is 0 Å². The highest BCUT2D eigenvalue weighted by Gasteiger charge is 2.26. The molecule has 1 aliphatic rings. The Morgan fingerprint density at radius 2 is 2.15 bits per heavy atom. The van der Waals surface area contributed by atoms with Crippen LogP contribution in [0.4, 0.5) is 0 Å². The molecule has 0 aromatic carbocycles. The first-order valence-electron chi connectivity index (χ1n) is 6.54. The molecule has 1 fully saturated rings. The molecule has 1 aliphatic heterocycles. The van der Waals surface area contributed by atoms with E-state index in [9.17, 15) is 4.79 Å². The SMILES string of the molecule is CC(C(N)=NO)N1CCN(C(=O)c2cccnc2)CC1. The predicted octanol–water partition coefficient (Wildman–Crippen LogP) is -0.0257. The molecule has 3 N–H and O–H groups in total. The molecule has 0 radical (unpaired) electrons. The molecule has 1 saturated heterocycles. The quantitative estimate of drug-likeness (QED) is 0.350. The minimum absolute atomic E-state index is 0.00537. The Morgan fingerprint density at radius 1 is 1.45 bits per heavy atom. The third kappa shape index (κ3) is 3.05. The molecule has 20 heavy (non-hydrogen) atoms. The molecule has 2 heterocycles. The van der Waals surface area contributed by atoms with E-state index in [0.29, 0.717) is 31.7 Å². The van der Waals surface area contributed by atoms with Crippen LogP contribution < -0.4 is 5.73 Å². The Morgan fingerprint density at radius 3 is 2.70 bits per heavy atom. The molecular formula is C13H19N5O2. The van der Waals surface area contributed by atoms with E-state index >= 15 is 0 Å². The van der Waals surface area contributed by atoms with Crippen molar-refractivity contribution in [2.75, 3.05) is 26.2 Å². The van der Waals surface area contributed by atoms with E-state index in [2.05, 4.69) is 15.0 Å². The van der Waals surface area contributed by atoms with Crippen molar-refractivity contribution >= 4 is 11.7 Å². The van der Waals surface area contributed by atoms with Crippen molar-refractivity contribution in [1.82, 2.24) is 14.8 Å². The van der Waals surface area contributed by atoms with E-state index in [4.69, 9.17) is 10.9 Å². The zero-order valence-corrected chi connectivity index (χ0v) is 11.4. The smallest absolute Gasteiger partial charge is 0.255 e. The van der Waals surface area contributed by atoms with E-state index in [1.54, 1.807) is 29.4 Å². The van der Waals surface area contributed by atoms with Gasteiger partial charge >= 0.3 is 0 Å². The minimum Gasteiger partial charge on any atom is -0.409 e. The highest BCUT2D eigenvalue weighted by Crippen LogP contribution is 2.10. The highest BCUT2D eigenvalue weighted by atomic mass is 16.4. The third-order valence-electron chi connectivity index (χ3n) is 3.60. The Hall–Kier alpha value is -2.15. The van der Waals surface area contributed by atoms with Crippen LogP contribution in [0.15, 0.2) is 29.7 Å². The maximum absolute atomic E-state index is 12.2. The van der Waals surface area contributed by atoms with Crippen LogP contribution in [0.5, 0.6) is 0 Å². The number of carbonyl (C=O) groups is 1. The zero-order chi connectivity index (χ0) is 14.5. The molecule has 1 aromatic heterocycles. The molecule has 1 atom stereocenters. The van der Waals surface area contributed by atoms with Crippen LogP contribution in [0.3, 0.4) is 0 Å². The lowest BCUT2D eigenvalue weighted by Gasteiger charge is -2.37. The number of hydrogen-bond donors (Lipinski definition) is 2. The molecule has 7 heteroatoms. The van der Waals surface area contributed by atoms with Gasteiger partial charge in [-0.2, -0.15) is 0 Å². The van der Waals surface area contributed by atoms with Gasteiger partial charge in [0.05, 0.1) is 11.6 Å². The number of nitrogens with zero attached hydrogens (tertiary/aromatic N) is 4. The minimum atomic E-state index is -0.129. The molecule has 0 spiro atoms. The second-order valence-electron chi connectivity index (χ2n) is 4.77. The van der Waals surface area contributed by atoms with Gasteiger partial charge in [-0.05, 0) is 19.1 Å². The van der Waals surface area contributed by atoms with Crippen LogP contribution >= 0.6 is 0 Å². The third-order valence-corrected chi connectivity index (χ3v) is 3.60. The maximum Gasteiger partial charge on any atom is 0.255 e. The first-order chi connectivity index (χ1) is 9.63. The van der Waals surface area contributed by atoms with Crippen molar-refractivity contribution in [2.24, 2.45) is 10.9 Å². The number of carbonyl (C=O) groups excluding carboxylic acids is 1. The normalized spacial score (nSPS) is 18.9. The molecule has 0 saturated carbocycles. The number of amides is 1. The lowest BCUT2D eigenvalue weighted by molar-refractivity contribution is 0.0618. The number of hydrogen-bond acceptors (Lipinski definition) is 5. The van der Waals surface area contributed by atoms with E-state index in [-0.39, 0.29) is 17.8 Å². The summed E-state index contributed by atoms with van der Waals surface area (Å²) in [6.45, 7) is 4.52. The fourth-order valence-corrected chi connectivity index (χ4v) is 2.25. The standard InChI is InChI=1S/C13H19N5O2/c1-10(12(14)16-20)17-5-7-18(8-6-17)13(19)11-3-2-4-15-9-11/h2-4,9-10,20H,5-8H2,1H3,(H2,14,16). The molecular weight excluding hydrogens is 258 g/mol. The molecule has 1 aromatic rings. The van der Waals surface area contributed by atoms with E-state index < -0.39 is 0 Å². The summed E-state index contributed by atoms with van der Waals surface area (Å²) in [5, 5.41) is 11.7. The van der Waals surface area contributed by atoms with Gasteiger partial charge in [0.1, 0.15) is 0 Å². The van der Waals surface area contributed by atoms with Gasteiger partial charge in [-0.1, -0.05) is 5.16 Å². The number of nitrogens with two attached hydrogens (primary N) is 1. The van der Waals surface area contributed by atoms with Gasteiger partial charge in [-0.3, -0.25) is 14.7 Å². The van der Waals surface area contributed by atoms with Crippen molar-refractivity contribution in [1.29, 1.82) is 0 Å². The summed E-state index contributed by atoms with van der Waals surface area (Å²) >= 11 is 0. The average Bonchev–Trinajstić information content (AvgIpc) is 2.53. The number of pyridine rings is 1. The molecule has 108 valence electrons. The summed E-state index contributed by atoms with van der Waals surface area (Å²) in [6.07, 6.45) is 3.22. The van der Waals surface area contributed by atoms with Crippen LogP contribution in [0.1, 0.15) is 17.3 Å². The van der Waals surface area contributed by atoms with Gasteiger partial charge < -0.3 is 15.8 Å². The van der Waals surface area contributed by atoms with Gasteiger partial charge in [-0.25, -0.2) is 0 Å². The van der Waals surface area contributed by atoms with Gasteiger partial charge in [0.15, 0.2) is 5.84 Å². The van der Waals surface area contributed by atoms with E-state index in [1.165, 1.54) is 0 Å². The summed E-state index contributed by atoms with van der Waals surface area (Å²) in [5.74, 6) is 0.186. The van der Waals surface area contributed by atoms with Crippen LogP contribution in [0.25, 0.3) is 0 Å². The van der Waals surface area contributed by atoms with Crippen LogP contribution in [0, 0.1) is 0 Å². The fourth-order valence-electron chi connectivity index (χ4n) is 2.25. The van der Waals surface area contributed by atoms with Crippen molar-refractivity contribution in [2.45, 2.75) is 13.0 Å². The second-order valence-corrected chi connectivity index (χ2v) is 4.77. The predicted molar refractivity (Wildman–Crippen MR) is 74.6 cm³/mol. The number of piperazine rings is 1. The van der Waals surface area contributed by atoms with Crippen LogP contribution in [0.2, 0.25) is 0 Å². The van der Waals surface area contributed by atoms with Crippen LogP contribution in [-0.2, 0) is 0 Å². The highest BCUT2D eigenvalue weighted by molar-refractivity contribution is 5.94. The zero-order valence-electron chi connectivity index (χ0n) is 11.4. The lowest BCUT2D eigenvalue weighted by Crippen LogP contribution is -2.54. The first-order valence-corrected chi connectivity index (χ1v) is 6.54. The Balaban J connectivity index is 1.93. The number of oxime groups is 1. The van der Waals surface area contributed by atoms with Crippen molar-refractivity contribution in [3.63, 3.8) is 0 Å². The van der Waals surface area contributed by atoms with Gasteiger partial charge in [0.2, 0.25) is 0 Å². The fraction of sp³-hybridized carbons (Fsp3) is 0.462.